The molecule has 7 nitrogen and oxygen atoms in total. The highest BCUT2D eigenvalue weighted by atomic mass is 16.5. The summed E-state index contributed by atoms with van der Waals surface area (Å²) in [5.74, 6) is -1.21. The fourth-order valence-electron chi connectivity index (χ4n) is 2.45. The Morgan fingerprint density at radius 3 is 2.27 bits per heavy atom. The molecule has 0 aliphatic heterocycles. The third-order valence-electron chi connectivity index (χ3n) is 4.00. The number of ether oxygens (including phenoxy) is 1. The molecule has 3 rings (SSSR count). The molecule has 7 heteroatoms. The smallest absolute Gasteiger partial charge is 0.337 e. The Labute approximate surface area is 149 Å². The highest BCUT2D eigenvalue weighted by molar-refractivity contribution is 6.06. The van der Waals surface area contributed by atoms with Crippen molar-refractivity contribution in [2.75, 3.05) is 12.4 Å². The number of carbonyl (C=O) groups is 2. The molecule has 0 aliphatic rings. The number of esters is 1. The second-order valence-electron chi connectivity index (χ2n) is 5.78. The minimum atomic E-state index is -0.572. The molecule has 0 atom stereocenters. The van der Waals surface area contributed by atoms with Crippen LogP contribution < -0.4 is 5.32 Å². The van der Waals surface area contributed by atoms with Gasteiger partial charge in [0.15, 0.2) is 0 Å². The fraction of sp³-hybridized carbons (Fsp3) is 0.158. The van der Waals surface area contributed by atoms with E-state index in [-0.39, 0.29) is 17.0 Å². The predicted octanol–water partition coefficient (Wildman–Crippen LogP) is 2.99. The van der Waals surface area contributed by atoms with Gasteiger partial charge < -0.3 is 15.2 Å². The zero-order valence-electron chi connectivity index (χ0n) is 14.5. The lowest BCUT2D eigenvalue weighted by atomic mass is 10.1. The number of aromatic hydroxyl groups is 1. The van der Waals surface area contributed by atoms with Crippen molar-refractivity contribution >= 4 is 28.6 Å². The second kappa shape index (κ2) is 6.79. The first-order chi connectivity index (χ1) is 12.4. The van der Waals surface area contributed by atoms with Gasteiger partial charge >= 0.3 is 5.97 Å². The van der Waals surface area contributed by atoms with Crippen LogP contribution in [-0.4, -0.2) is 34.1 Å². The molecule has 0 spiro atoms. The number of hydrogen-bond acceptors (Lipinski definition) is 6. The van der Waals surface area contributed by atoms with E-state index >= 15 is 0 Å². The van der Waals surface area contributed by atoms with E-state index in [0.29, 0.717) is 16.6 Å². The Morgan fingerprint density at radius 1 is 0.962 bits per heavy atom. The molecule has 2 aromatic carbocycles. The number of anilines is 1. The van der Waals surface area contributed by atoms with Crippen molar-refractivity contribution in [1.82, 2.24) is 9.97 Å². The van der Waals surface area contributed by atoms with Gasteiger partial charge in [-0.2, -0.15) is 0 Å². The number of aryl methyl sites for hydroxylation is 2. The lowest BCUT2D eigenvalue weighted by molar-refractivity contribution is 0.0600. The fourth-order valence-corrected chi connectivity index (χ4v) is 2.45. The summed E-state index contributed by atoms with van der Waals surface area (Å²) in [7, 11) is 1.25. The molecule has 26 heavy (non-hydrogen) atoms. The quantitative estimate of drug-likeness (QED) is 0.556. The Kier molecular flexibility index (Phi) is 4.53. The van der Waals surface area contributed by atoms with Gasteiger partial charge in [-0.05, 0) is 50.2 Å². The van der Waals surface area contributed by atoms with Crippen LogP contribution in [0.15, 0.2) is 36.4 Å². The molecule has 0 aliphatic carbocycles. The second-order valence-corrected chi connectivity index (χ2v) is 5.78. The molecule has 0 bridgehead atoms. The zero-order valence-corrected chi connectivity index (χ0v) is 14.5. The minimum absolute atomic E-state index is 0.189. The zero-order chi connectivity index (χ0) is 18.8. The molecule has 0 unspecified atom stereocenters. The Balaban J connectivity index is 1.87. The van der Waals surface area contributed by atoms with Gasteiger partial charge in [0.2, 0.25) is 0 Å². The van der Waals surface area contributed by atoms with Gasteiger partial charge in [0, 0.05) is 5.56 Å². The van der Waals surface area contributed by atoms with E-state index in [4.69, 9.17) is 0 Å². The summed E-state index contributed by atoms with van der Waals surface area (Å²) in [6.45, 7) is 3.73. The van der Waals surface area contributed by atoms with Crippen molar-refractivity contribution in [1.29, 1.82) is 0 Å². The van der Waals surface area contributed by atoms with Crippen LogP contribution in [0.3, 0.4) is 0 Å². The van der Waals surface area contributed by atoms with Crippen LogP contribution in [0.5, 0.6) is 5.75 Å². The average Bonchev–Trinajstić information content (AvgIpc) is 2.63. The number of nitrogens with one attached hydrogen (secondary N) is 1. The molecule has 132 valence electrons. The predicted molar refractivity (Wildman–Crippen MR) is 96.4 cm³/mol. The molecule has 0 saturated carbocycles. The summed E-state index contributed by atoms with van der Waals surface area (Å²) >= 11 is 0. The van der Waals surface area contributed by atoms with Crippen molar-refractivity contribution in [3.63, 3.8) is 0 Å². The van der Waals surface area contributed by atoms with Crippen LogP contribution in [0, 0.1) is 13.8 Å². The monoisotopic (exact) mass is 351 g/mol. The third kappa shape index (κ3) is 3.32. The number of methoxy groups -OCH3 is 1. The summed E-state index contributed by atoms with van der Waals surface area (Å²) < 4.78 is 4.59. The number of carbonyl (C=O) groups excluding carboxylic acids is 2. The highest BCUT2D eigenvalue weighted by Gasteiger charge is 2.13. The third-order valence-corrected chi connectivity index (χ3v) is 4.00. The molecule has 0 saturated heterocycles. The van der Waals surface area contributed by atoms with E-state index in [1.54, 1.807) is 18.2 Å². The first-order valence-electron chi connectivity index (χ1n) is 7.86. The number of amides is 1. The Bertz CT molecular complexity index is 1030. The van der Waals surface area contributed by atoms with Gasteiger partial charge in [-0.15, -0.1) is 0 Å². The maximum Gasteiger partial charge on any atom is 0.337 e. The van der Waals surface area contributed by atoms with Gasteiger partial charge in [0.25, 0.3) is 5.91 Å². The van der Waals surface area contributed by atoms with Gasteiger partial charge in [-0.1, -0.05) is 0 Å². The molecular weight excluding hydrogens is 334 g/mol. The van der Waals surface area contributed by atoms with Crippen molar-refractivity contribution in [3.05, 3.63) is 58.9 Å². The molecule has 0 fully saturated rings. The van der Waals surface area contributed by atoms with Gasteiger partial charge in [0.1, 0.15) is 5.75 Å². The number of phenolic OH excluding ortho intramolecular Hbond substituents is 1. The molecular formula is C19H17N3O4. The first-order valence-corrected chi connectivity index (χ1v) is 7.86. The summed E-state index contributed by atoms with van der Waals surface area (Å²) in [5, 5.41) is 12.6. The van der Waals surface area contributed by atoms with Crippen LogP contribution in [0.1, 0.15) is 32.1 Å². The number of phenols is 1. The molecule has 3 aromatic rings. The molecule has 1 heterocycles. The molecule has 1 amide bonds. The highest BCUT2D eigenvalue weighted by Crippen LogP contribution is 2.25. The SMILES string of the molecule is COC(=O)c1ccc(NC(=O)c2ccc3nc(C)c(C)nc3c2)c(O)c1. The summed E-state index contributed by atoms with van der Waals surface area (Å²) in [5.41, 5.74) is 3.72. The maximum atomic E-state index is 12.5. The normalized spacial score (nSPS) is 10.6. The minimum Gasteiger partial charge on any atom is -0.506 e. The lowest BCUT2D eigenvalue weighted by Gasteiger charge is -2.09. The van der Waals surface area contributed by atoms with E-state index in [2.05, 4.69) is 20.0 Å². The molecule has 2 N–H and O–H groups in total. The van der Waals surface area contributed by atoms with Crippen molar-refractivity contribution in [3.8, 4) is 5.75 Å². The van der Waals surface area contributed by atoms with E-state index in [1.807, 2.05) is 13.8 Å². The lowest BCUT2D eigenvalue weighted by Crippen LogP contribution is -2.12. The molecule has 1 aromatic heterocycles. The van der Waals surface area contributed by atoms with E-state index in [1.165, 1.54) is 25.3 Å². The van der Waals surface area contributed by atoms with E-state index in [9.17, 15) is 14.7 Å². The van der Waals surface area contributed by atoms with Crippen LogP contribution >= 0.6 is 0 Å². The topological polar surface area (TPSA) is 101 Å². The number of rotatable bonds is 3. The van der Waals surface area contributed by atoms with Gasteiger partial charge in [-0.25, -0.2) is 14.8 Å². The summed E-state index contributed by atoms with van der Waals surface area (Å²) in [6.07, 6.45) is 0. The van der Waals surface area contributed by atoms with Gasteiger partial charge in [-0.3, -0.25) is 4.79 Å². The standard InChI is InChI=1S/C19H17N3O4/c1-10-11(2)21-16-8-12(4-6-14(16)20-10)18(24)22-15-7-5-13(9-17(15)23)19(25)26-3/h4-9,23H,1-3H3,(H,22,24). The van der Waals surface area contributed by atoms with Crippen molar-refractivity contribution < 1.29 is 19.4 Å². The average molecular weight is 351 g/mol. The molecule has 0 radical (unpaired) electrons. The largest absolute Gasteiger partial charge is 0.506 e. The van der Waals surface area contributed by atoms with E-state index in [0.717, 1.165) is 11.4 Å². The number of nitrogens with zero attached hydrogens (tertiary/aromatic N) is 2. The first kappa shape index (κ1) is 17.3. The Morgan fingerprint density at radius 2 is 1.62 bits per heavy atom. The van der Waals surface area contributed by atoms with Gasteiger partial charge in [0.05, 0.1) is 40.8 Å². The van der Waals surface area contributed by atoms with Crippen molar-refractivity contribution in [2.24, 2.45) is 0 Å². The van der Waals surface area contributed by atoms with Crippen LogP contribution in [0.2, 0.25) is 0 Å². The Hall–Kier alpha value is -3.48. The number of benzene rings is 2. The number of hydrogen-bond donors (Lipinski definition) is 2. The van der Waals surface area contributed by atoms with Crippen LogP contribution in [0.25, 0.3) is 11.0 Å². The number of fused-ring (bicyclic) bond motifs is 1. The van der Waals surface area contributed by atoms with E-state index < -0.39 is 11.9 Å². The van der Waals surface area contributed by atoms with Crippen molar-refractivity contribution in [2.45, 2.75) is 13.8 Å². The maximum absolute atomic E-state index is 12.5. The number of aromatic nitrogens is 2. The summed E-state index contributed by atoms with van der Waals surface area (Å²) in [6, 6.07) is 9.14. The van der Waals surface area contributed by atoms with Crippen LogP contribution in [0.4, 0.5) is 5.69 Å². The van der Waals surface area contributed by atoms with Crippen LogP contribution in [-0.2, 0) is 4.74 Å². The summed E-state index contributed by atoms with van der Waals surface area (Å²) in [4.78, 5) is 32.8.